The van der Waals surface area contributed by atoms with Crippen molar-refractivity contribution in [2.24, 2.45) is 0 Å². The van der Waals surface area contributed by atoms with Crippen LogP contribution in [-0.2, 0) is 36.3 Å². The molecule has 20 nitrogen and oxygen atoms in total. The van der Waals surface area contributed by atoms with Gasteiger partial charge >= 0.3 is 23.5 Å². The van der Waals surface area contributed by atoms with Crippen LogP contribution in [0.1, 0.15) is 6.23 Å². The smallest absolute Gasteiger partial charge is 0.384 e. The number of aromatic amines is 1. The molecule has 0 spiro atoms. The van der Waals surface area contributed by atoms with Crippen molar-refractivity contribution in [2.75, 3.05) is 19.5 Å². The van der Waals surface area contributed by atoms with Crippen LogP contribution >= 0.6 is 23.5 Å². The number of nitrogens with two attached hydrogens (primary N) is 1. The molecule has 6 atom stereocenters. The van der Waals surface area contributed by atoms with Gasteiger partial charge in [0.15, 0.2) is 17.4 Å². The summed E-state index contributed by atoms with van der Waals surface area (Å²) in [5, 5.41) is 21.3. The third-order valence-electron chi connectivity index (χ3n) is 4.28. The number of phosphoric acid groups is 3. The van der Waals surface area contributed by atoms with E-state index in [4.69, 9.17) is 25.0 Å². The molecule has 0 bridgehead atoms. The van der Waals surface area contributed by atoms with Crippen LogP contribution in [0, 0.1) is 0 Å². The first-order valence-electron chi connectivity index (χ1n) is 8.60. The van der Waals surface area contributed by atoms with Crippen molar-refractivity contribution < 1.29 is 66.1 Å². The van der Waals surface area contributed by atoms with E-state index < -0.39 is 59.9 Å². The molecule has 192 valence electrons. The average molecular weight is 553 g/mol. The van der Waals surface area contributed by atoms with Gasteiger partial charge in [-0.1, -0.05) is 0 Å². The van der Waals surface area contributed by atoms with E-state index in [1.54, 1.807) is 0 Å². The van der Waals surface area contributed by atoms with Gasteiger partial charge in [0.1, 0.15) is 12.2 Å². The van der Waals surface area contributed by atoms with E-state index in [0.717, 1.165) is 18.0 Å². The number of aliphatic hydroxyl groups is 2. The number of hydrogen-bond donors (Lipinski definition) is 8. The first-order chi connectivity index (χ1) is 15.5. The molecular weight excluding hydrogens is 535 g/mol. The molecule has 0 aliphatic carbocycles. The Kier molecular flexibility index (Phi) is 7.24. The number of nitrogen functional groups attached to an aromatic ring is 1. The minimum absolute atomic E-state index is 0.192. The Morgan fingerprint density at radius 3 is 2.47 bits per heavy atom. The van der Waals surface area contributed by atoms with Crippen LogP contribution in [0.5, 0.6) is 0 Å². The Bertz CT molecular complexity index is 1270. The molecule has 2 aromatic heterocycles. The van der Waals surface area contributed by atoms with Crippen molar-refractivity contribution in [3.8, 4) is 0 Å². The molecule has 1 fully saturated rings. The van der Waals surface area contributed by atoms with Crippen LogP contribution < -0.4 is 11.3 Å². The van der Waals surface area contributed by atoms with Crippen LogP contribution in [-0.4, -0.2) is 81.0 Å². The van der Waals surface area contributed by atoms with Crippen molar-refractivity contribution >= 4 is 40.6 Å². The number of ether oxygens (including phenoxy) is 2. The maximum atomic E-state index is 12.0. The lowest BCUT2D eigenvalue weighted by Gasteiger charge is -2.29. The van der Waals surface area contributed by atoms with Crippen LogP contribution in [0.25, 0.3) is 11.2 Å². The number of hydrogen-bond acceptors (Lipinski definition) is 14. The summed E-state index contributed by atoms with van der Waals surface area (Å²) in [4.78, 5) is 57.6. The third kappa shape index (κ3) is 5.62. The van der Waals surface area contributed by atoms with Gasteiger partial charge in [0.2, 0.25) is 11.7 Å². The molecular formula is C11H18N5O15P3. The maximum Gasteiger partial charge on any atom is 0.490 e. The fraction of sp³-hybridized carbons (Fsp3) is 0.545. The molecule has 1 saturated heterocycles. The normalized spacial score (nSPS) is 29.2. The van der Waals surface area contributed by atoms with Crippen LogP contribution in [0.4, 0.5) is 5.95 Å². The molecule has 0 amide bonds. The first-order valence-corrected chi connectivity index (χ1v) is 13.1. The molecule has 0 aromatic carbocycles. The number of phosphoric ester groups is 1. The molecule has 0 saturated carbocycles. The second-order valence-corrected chi connectivity index (χ2v) is 11.0. The van der Waals surface area contributed by atoms with Crippen LogP contribution in [0.3, 0.4) is 0 Å². The molecule has 34 heavy (non-hydrogen) atoms. The zero-order valence-corrected chi connectivity index (χ0v) is 19.3. The van der Waals surface area contributed by atoms with Gasteiger partial charge < -0.3 is 45.0 Å². The number of imidazole rings is 1. The lowest BCUT2D eigenvalue weighted by Crippen LogP contribution is -2.48. The molecule has 1 aliphatic heterocycles. The lowest BCUT2D eigenvalue weighted by atomic mass is 10.1. The Hall–Kier alpha value is -1.60. The molecule has 1 aliphatic rings. The Balaban J connectivity index is 1.82. The quantitative estimate of drug-likeness (QED) is 0.119. The van der Waals surface area contributed by atoms with Crippen molar-refractivity contribution in [3.63, 3.8) is 0 Å². The molecule has 0 radical (unpaired) electrons. The zero-order chi connectivity index (χ0) is 25.7. The van der Waals surface area contributed by atoms with Gasteiger partial charge in [-0.2, -0.15) is 13.6 Å². The third-order valence-corrected chi connectivity index (χ3v) is 8.08. The molecule has 23 heteroatoms. The summed E-state index contributed by atoms with van der Waals surface area (Å²) < 4.78 is 56.9. The number of rotatable bonds is 9. The number of aliphatic hydroxyl groups excluding tert-OH is 1. The fourth-order valence-corrected chi connectivity index (χ4v) is 5.98. The van der Waals surface area contributed by atoms with Gasteiger partial charge in [0, 0.05) is 7.11 Å². The molecule has 2 aromatic rings. The summed E-state index contributed by atoms with van der Waals surface area (Å²) in [7, 11) is -16.0. The first kappa shape index (κ1) is 27.0. The molecule has 3 rings (SSSR count). The summed E-state index contributed by atoms with van der Waals surface area (Å²) in [5.74, 6) is -2.89. The second kappa shape index (κ2) is 9.12. The van der Waals surface area contributed by atoms with E-state index >= 15 is 0 Å². The maximum absolute atomic E-state index is 12.0. The van der Waals surface area contributed by atoms with Gasteiger partial charge in [-0.25, -0.2) is 18.7 Å². The number of nitrogens with one attached hydrogen (secondary N) is 1. The van der Waals surface area contributed by atoms with E-state index in [1.165, 1.54) is 0 Å². The number of anilines is 1. The van der Waals surface area contributed by atoms with Crippen LogP contribution in [0.15, 0.2) is 11.1 Å². The predicted octanol–water partition coefficient (Wildman–Crippen LogP) is -2.36. The largest absolute Gasteiger partial charge is 0.490 e. The van der Waals surface area contributed by atoms with E-state index in [1.807, 2.05) is 0 Å². The summed E-state index contributed by atoms with van der Waals surface area (Å²) in [6.45, 7) is -1.10. The molecule has 3 heterocycles. The minimum Gasteiger partial charge on any atom is -0.384 e. The topological polar surface area (TPSA) is 308 Å². The summed E-state index contributed by atoms with van der Waals surface area (Å²) in [6, 6.07) is 0. The summed E-state index contributed by atoms with van der Waals surface area (Å²) >= 11 is 0. The van der Waals surface area contributed by atoms with Gasteiger partial charge in [-0.05, 0) is 0 Å². The van der Waals surface area contributed by atoms with Crippen LogP contribution in [0.2, 0.25) is 0 Å². The van der Waals surface area contributed by atoms with Crippen molar-refractivity contribution in [3.05, 3.63) is 16.7 Å². The van der Waals surface area contributed by atoms with E-state index in [9.17, 15) is 38.5 Å². The monoisotopic (exact) mass is 553 g/mol. The predicted molar refractivity (Wildman–Crippen MR) is 104 cm³/mol. The average Bonchev–Trinajstić information content (AvgIpc) is 3.17. The SMILES string of the molecule is CO[C@@]1(O)[C@H](O)[C@@H](COP(=O)(O)OP(=O)(O)OP(=O)(O)O)O[C@H]1n1cnc2c(=O)[nH]c(N)nc21. The summed E-state index contributed by atoms with van der Waals surface area (Å²) in [6.07, 6.45) is -4.37. The number of fused-ring (bicyclic) bond motifs is 1. The highest BCUT2D eigenvalue weighted by Crippen LogP contribution is 2.66. The van der Waals surface area contributed by atoms with E-state index in [-0.39, 0.29) is 17.1 Å². The van der Waals surface area contributed by atoms with Gasteiger partial charge in [-0.15, -0.1) is 0 Å². The highest BCUT2D eigenvalue weighted by atomic mass is 31.3. The van der Waals surface area contributed by atoms with Crippen molar-refractivity contribution in [2.45, 2.75) is 24.2 Å². The second-order valence-electron chi connectivity index (χ2n) is 6.59. The van der Waals surface area contributed by atoms with E-state index in [0.29, 0.717) is 0 Å². The highest BCUT2D eigenvalue weighted by Gasteiger charge is 2.58. The Morgan fingerprint density at radius 1 is 1.24 bits per heavy atom. The van der Waals surface area contributed by atoms with E-state index in [2.05, 4.69) is 28.1 Å². The van der Waals surface area contributed by atoms with Gasteiger partial charge in [-0.3, -0.25) is 18.9 Å². The number of methoxy groups -OCH3 is 1. The van der Waals surface area contributed by atoms with Gasteiger partial charge in [0.05, 0.1) is 12.9 Å². The lowest BCUT2D eigenvalue weighted by molar-refractivity contribution is -0.264. The Morgan fingerprint density at radius 2 is 1.88 bits per heavy atom. The standard InChI is InChI=1S/C11H18N5O15P3/c1-27-11(19)6(17)4(2-28-33(23,24)31-34(25,26)30-32(20,21)22)29-9(11)16-3-13-5-7(16)14-10(12)15-8(5)18/h3-4,6,9,17,19H,2H2,1H3,(H,23,24)(H,25,26)(H2,20,21,22)(H3,12,14,15,18)/t4-,6-,9-,11+/m1/s1. The summed E-state index contributed by atoms with van der Waals surface area (Å²) in [5.41, 5.74) is 4.36. The van der Waals surface area contributed by atoms with Crippen molar-refractivity contribution in [1.29, 1.82) is 0 Å². The Labute approximate surface area is 187 Å². The minimum atomic E-state index is -5.78. The number of nitrogens with zero attached hydrogens (tertiary/aromatic N) is 3. The highest BCUT2D eigenvalue weighted by molar-refractivity contribution is 7.66. The number of aromatic nitrogens is 4. The number of H-pyrrole nitrogens is 1. The van der Waals surface area contributed by atoms with Crippen molar-refractivity contribution in [1.82, 2.24) is 19.5 Å². The fourth-order valence-electron chi connectivity index (χ4n) is 2.95. The van der Waals surface area contributed by atoms with Gasteiger partial charge in [0.25, 0.3) is 5.56 Å². The molecule has 2 unspecified atom stereocenters. The molecule has 9 N–H and O–H groups in total. The zero-order valence-electron chi connectivity index (χ0n) is 16.6.